The van der Waals surface area contributed by atoms with Crippen molar-refractivity contribution in [1.29, 1.82) is 0 Å². The summed E-state index contributed by atoms with van der Waals surface area (Å²) in [4.78, 5) is 7.24. The maximum Gasteiger partial charge on any atom is 0.124 e. The van der Waals surface area contributed by atoms with Gasteiger partial charge in [-0.15, -0.1) is 11.3 Å². The van der Waals surface area contributed by atoms with E-state index in [0.717, 1.165) is 33.1 Å². The predicted molar refractivity (Wildman–Crippen MR) is 171 cm³/mol. The highest BCUT2D eigenvalue weighted by atomic mass is 32.1. The average molecular weight is 531 g/mol. The van der Waals surface area contributed by atoms with Crippen LogP contribution in [0.5, 0.6) is 0 Å². The van der Waals surface area contributed by atoms with Crippen molar-refractivity contribution >= 4 is 38.6 Å². The molecular formula is C37H26N2S. The van der Waals surface area contributed by atoms with Crippen molar-refractivity contribution in [3.05, 3.63) is 158 Å². The summed E-state index contributed by atoms with van der Waals surface area (Å²) >= 11 is 1.73. The fourth-order valence-corrected chi connectivity index (χ4v) is 6.05. The van der Waals surface area contributed by atoms with Crippen molar-refractivity contribution in [1.82, 2.24) is 4.98 Å². The molecule has 1 aromatic heterocycles. The Balaban J connectivity index is 1.31. The van der Waals surface area contributed by atoms with Gasteiger partial charge in [0.15, 0.2) is 0 Å². The van der Waals surface area contributed by atoms with Gasteiger partial charge in [-0.25, -0.2) is 4.98 Å². The van der Waals surface area contributed by atoms with Crippen LogP contribution in [0.2, 0.25) is 0 Å². The second-order valence-electron chi connectivity index (χ2n) is 9.70. The lowest BCUT2D eigenvalue weighted by atomic mass is 10.0. The topological polar surface area (TPSA) is 16.1 Å². The number of para-hydroxylation sites is 1. The molecule has 0 saturated heterocycles. The molecule has 3 heteroatoms. The molecule has 0 bridgehead atoms. The van der Waals surface area contributed by atoms with E-state index in [2.05, 4.69) is 157 Å². The lowest BCUT2D eigenvalue weighted by Gasteiger charge is -2.26. The van der Waals surface area contributed by atoms with Crippen LogP contribution in [0.1, 0.15) is 0 Å². The summed E-state index contributed by atoms with van der Waals surface area (Å²) < 4.78 is 1.20. The van der Waals surface area contributed by atoms with E-state index in [9.17, 15) is 0 Å². The van der Waals surface area contributed by atoms with E-state index in [1.165, 1.54) is 27.0 Å². The Kier molecular flexibility index (Phi) is 6.41. The quantitative estimate of drug-likeness (QED) is 0.213. The highest BCUT2D eigenvalue weighted by Crippen LogP contribution is 2.39. The Morgan fingerprint density at radius 2 is 0.900 bits per heavy atom. The predicted octanol–water partition coefficient (Wildman–Crippen LogP) is 10.8. The molecule has 0 saturated carbocycles. The molecular weight excluding hydrogens is 504 g/mol. The molecule has 7 rings (SSSR count). The number of benzene rings is 6. The molecule has 6 aromatic carbocycles. The molecule has 0 unspecified atom stereocenters. The molecule has 0 spiro atoms. The van der Waals surface area contributed by atoms with Crippen LogP contribution in [-0.4, -0.2) is 4.98 Å². The number of anilines is 3. The molecule has 7 aromatic rings. The minimum absolute atomic E-state index is 1.03. The van der Waals surface area contributed by atoms with Gasteiger partial charge in [-0.3, -0.25) is 0 Å². The lowest BCUT2D eigenvalue weighted by molar-refractivity contribution is 1.28. The van der Waals surface area contributed by atoms with Crippen LogP contribution >= 0.6 is 11.3 Å². The first-order valence-corrected chi connectivity index (χ1v) is 14.2. The van der Waals surface area contributed by atoms with Crippen molar-refractivity contribution in [2.45, 2.75) is 0 Å². The average Bonchev–Trinajstić information content (AvgIpc) is 3.48. The third-order valence-corrected chi connectivity index (χ3v) is 8.20. The van der Waals surface area contributed by atoms with E-state index in [1.54, 1.807) is 11.3 Å². The van der Waals surface area contributed by atoms with Gasteiger partial charge in [0, 0.05) is 22.6 Å². The molecule has 0 aliphatic carbocycles. The largest absolute Gasteiger partial charge is 0.310 e. The van der Waals surface area contributed by atoms with Crippen LogP contribution in [0, 0.1) is 0 Å². The normalized spacial score (nSPS) is 11.0. The molecule has 1 heterocycles. The van der Waals surface area contributed by atoms with E-state index < -0.39 is 0 Å². The molecule has 0 fully saturated rings. The van der Waals surface area contributed by atoms with Gasteiger partial charge in [-0.1, -0.05) is 109 Å². The number of nitrogens with zero attached hydrogens (tertiary/aromatic N) is 2. The Morgan fingerprint density at radius 3 is 1.48 bits per heavy atom. The summed E-state index contributed by atoms with van der Waals surface area (Å²) in [6.45, 7) is 0. The molecule has 0 radical (unpaired) electrons. The summed E-state index contributed by atoms with van der Waals surface area (Å²) in [6, 6.07) is 55.7. The summed E-state index contributed by atoms with van der Waals surface area (Å²) in [5.41, 5.74) is 10.3. The van der Waals surface area contributed by atoms with Gasteiger partial charge in [-0.2, -0.15) is 0 Å². The fraction of sp³-hybridized carbons (Fsp3) is 0. The SMILES string of the molecule is c1ccc(-c2ccc(N(c3ccc(-c4ccccc4)cc3)c3cccc(-c4nc5ccccc5s4)c3)cc2)cc1. The first-order chi connectivity index (χ1) is 19.8. The van der Waals surface area contributed by atoms with Crippen LogP contribution in [0.15, 0.2) is 158 Å². The zero-order chi connectivity index (χ0) is 26.7. The number of aromatic nitrogens is 1. The van der Waals surface area contributed by atoms with Gasteiger partial charge >= 0.3 is 0 Å². The maximum absolute atomic E-state index is 4.92. The van der Waals surface area contributed by atoms with E-state index in [0.29, 0.717) is 0 Å². The zero-order valence-corrected chi connectivity index (χ0v) is 22.6. The Morgan fingerprint density at radius 1 is 0.400 bits per heavy atom. The number of hydrogen-bond donors (Lipinski definition) is 0. The number of hydrogen-bond acceptors (Lipinski definition) is 3. The minimum atomic E-state index is 1.03. The summed E-state index contributed by atoms with van der Waals surface area (Å²) in [7, 11) is 0. The van der Waals surface area contributed by atoms with Crippen LogP contribution in [-0.2, 0) is 0 Å². The van der Waals surface area contributed by atoms with Crippen molar-refractivity contribution in [3.63, 3.8) is 0 Å². The third-order valence-electron chi connectivity index (χ3n) is 7.11. The second kappa shape index (κ2) is 10.6. The highest BCUT2D eigenvalue weighted by Gasteiger charge is 2.15. The van der Waals surface area contributed by atoms with Crippen LogP contribution in [0.3, 0.4) is 0 Å². The van der Waals surface area contributed by atoms with E-state index >= 15 is 0 Å². The number of fused-ring (bicyclic) bond motifs is 1. The molecule has 0 aliphatic rings. The van der Waals surface area contributed by atoms with Crippen LogP contribution in [0.25, 0.3) is 43.0 Å². The smallest absolute Gasteiger partial charge is 0.124 e. The summed E-state index contributed by atoms with van der Waals surface area (Å²) in [6.07, 6.45) is 0. The fourth-order valence-electron chi connectivity index (χ4n) is 5.09. The number of thiazole rings is 1. The molecule has 40 heavy (non-hydrogen) atoms. The molecule has 0 atom stereocenters. The Bertz CT molecular complexity index is 1760. The molecule has 190 valence electrons. The zero-order valence-electron chi connectivity index (χ0n) is 21.8. The van der Waals surface area contributed by atoms with Crippen LogP contribution < -0.4 is 4.90 Å². The van der Waals surface area contributed by atoms with Gasteiger partial charge in [-0.05, 0) is 70.8 Å². The number of rotatable bonds is 6. The van der Waals surface area contributed by atoms with E-state index in [-0.39, 0.29) is 0 Å². The van der Waals surface area contributed by atoms with Crippen molar-refractivity contribution in [2.24, 2.45) is 0 Å². The second-order valence-corrected chi connectivity index (χ2v) is 10.7. The Hall–Kier alpha value is -4.99. The monoisotopic (exact) mass is 530 g/mol. The van der Waals surface area contributed by atoms with Gasteiger partial charge in [0.05, 0.1) is 10.2 Å². The van der Waals surface area contributed by atoms with Gasteiger partial charge < -0.3 is 4.90 Å². The van der Waals surface area contributed by atoms with Gasteiger partial charge in [0.25, 0.3) is 0 Å². The minimum Gasteiger partial charge on any atom is -0.310 e. The molecule has 0 amide bonds. The maximum atomic E-state index is 4.92. The first-order valence-electron chi connectivity index (χ1n) is 13.4. The first kappa shape index (κ1) is 24.1. The Labute approximate surface area is 238 Å². The van der Waals surface area contributed by atoms with Crippen molar-refractivity contribution in [2.75, 3.05) is 4.90 Å². The highest BCUT2D eigenvalue weighted by molar-refractivity contribution is 7.21. The van der Waals surface area contributed by atoms with Crippen molar-refractivity contribution < 1.29 is 0 Å². The van der Waals surface area contributed by atoms with E-state index in [4.69, 9.17) is 4.98 Å². The van der Waals surface area contributed by atoms with Gasteiger partial charge in [0.1, 0.15) is 5.01 Å². The molecule has 0 aliphatic heterocycles. The van der Waals surface area contributed by atoms with Crippen LogP contribution in [0.4, 0.5) is 17.1 Å². The molecule has 2 nitrogen and oxygen atoms in total. The standard InChI is InChI=1S/C37H26N2S/c1-3-10-27(11-4-1)29-18-22-32(23-19-29)39(33-24-20-30(21-25-33)28-12-5-2-6-13-28)34-15-9-14-31(26-34)37-38-35-16-7-8-17-36(35)40-37/h1-26H. The van der Waals surface area contributed by atoms with Crippen molar-refractivity contribution in [3.8, 4) is 32.8 Å². The van der Waals surface area contributed by atoms with E-state index in [1.807, 2.05) is 6.07 Å². The molecule has 0 N–H and O–H groups in total. The van der Waals surface area contributed by atoms with Gasteiger partial charge in [0.2, 0.25) is 0 Å². The summed E-state index contributed by atoms with van der Waals surface area (Å²) in [5, 5.41) is 1.03. The lowest BCUT2D eigenvalue weighted by Crippen LogP contribution is -2.10. The third kappa shape index (κ3) is 4.79. The summed E-state index contributed by atoms with van der Waals surface area (Å²) in [5.74, 6) is 0.